The smallest absolute Gasteiger partial charge is 0.308 e. The predicted octanol–water partition coefficient (Wildman–Crippen LogP) is 3.41. The van der Waals surface area contributed by atoms with Gasteiger partial charge in [-0.2, -0.15) is 0 Å². The van der Waals surface area contributed by atoms with E-state index in [2.05, 4.69) is 0 Å². The number of hydrogen-bond donors (Lipinski definition) is 1. The van der Waals surface area contributed by atoms with Gasteiger partial charge in [-0.1, -0.05) is 23.2 Å². The first-order chi connectivity index (χ1) is 9.97. The van der Waals surface area contributed by atoms with Gasteiger partial charge in [0.05, 0.1) is 16.7 Å². The Morgan fingerprint density at radius 3 is 2.86 bits per heavy atom. The van der Waals surface area contributed by atoms with E-state index < -0.39 is 11.9 Å². The monoisotopic (exact) mass is 347 g/mol. The van der Waals surface area contributed by atoms with E-state index in [0.29, 0.717) is 23.0 Å². The Hall–Kier alpha value is -0.910. The summed E-state index contributed by atoms with van der Waals surface area (Å²) in [5, 5.41) is 10.2. The molecular weight excluding hydrogens is 333 g/mol. The summed E-state index contributed by atoms with van der Waals surface area (Å²) < 4.78 is 0. The molecule has 1 atom stereocenters. The molecule has 0 saturated carbocycles. The molecular formula is C14H15Cl2NO3S. The van der Waals surface area contributed by atoms with Crippen LogP contribution in [0.3, 0.4) is 0 Å². The molecule has 1 aliphatic heterocycles. The normalized spacial score (nSPS) is 18.6. The van der Waals surface area contributed by atoms with Gasteiger partial charge in [0.15, 0.2) is 0 Å². The van der Waals surface area contributed by atoms with E-state index in [-0.39, 0.29) is 18.2 Å². The third kappa shape index (κ3) is 4.53. The lowest BCUT2D eigenvalue weighted by atomic mass is 9.98. The Morgan fingerprint density at radius 1 is 1.38 bits per heavy atom. The quantitative estimate of drug-likeness (QED) is 0.848. The highest BCUT2D eigenvalue weighted by Gasteiger charge is 2.27. The average Bonchev–Trinajstić information content (AvgIpc) is 2.48. The molecule has 1 heterocycles. The van der Waals surface area contributed by atoms with Crippen LogP contribution < -0.4 is 0 Å². The largest absolute Gasteiger partial charge is 0.481 e. The Balaban J connectivity index is 1.92. The fourth-order valence-corrected chi connectivity index (χ4v) is 3.62. The summed E-state index contributed by atoms with van der Waals surface area (Å²) in [5.41, 5.74) is 0. The molecule has 0 radical (unpaired) electrons. The molecule has 114 valence electrons. The number of aliphatic carboxylic acids is 1. The van der Waals surface area contributed by atoms with Gasteiger partial charge >= 0.3 is 5.97 Å². The minimum absolute atomic E-state index is 0.0676. The van der Waals surface area contributed by atoms with E-state index >= 15 is 0 Å². The highest BCUT2D eigenvalue weighted by Crippen LogP contribution is 2.30. The predicted molar refractivity (Wildman–Crippen MR) is 84.1 cm³/mol. The molecule has 0 aromatic heterocycles. The van der Waals surface area contributed by atoms with Gasteiger partial charge in [0.25, 0.3) is 0 Å². The maximum atomic E-state index is 12.2. The zero-order valence-electron chi connectivity index (χ0n) is 11.2. The summed E-state index contributed by atoms with van der Waals surface area (Å²) in [6.45, 7) is 0.907. The molecule has 1 N–H and O–H groups in total. The molecule has 0 bridgehead atoms. The minimum atomic E-state index is -0.835. The third-order valence-electron chi connectivity index (χ3n) is 3.37. The average molecular weight is 348 g/mol. The lowest BCUT2D eigenvalue weighted by Crippen LogP contribution is -2.43. The van der Waals surface area contributed by atoms with E-state index in [1.807, 2.05) is 0 Å². The summed E-state index contributed by atoms with van der Waals surface area (Å²) in [4.78, 5) is 25.6. The minimum Gasteiger partial charge on any atom is -0.481 e. The molecule has 0 aliphatic carbocycles. The van der Waals surface area contributed by atoms with Crippen molar-refractivity contribution in [3.05, 3.63) is 28.2 Å². The second-order valence-corrected chi connectivity index (χ2v) is 6.74. The van der Waals surface area contributed by atoms with Crippen LogP contribution in [0.25, 0.3) is 0 Å². The van der Waals surface area contributed by atoms with Crippen molar-refractivity contribution < 1.29 is 14.7 Å². The number of piperidine rings is 1. The van der Waals surface area contributed by atoms with Crippen molar-refractivity contribution in [3.63, 3.8) is 0 Å². The molecule has 1 saturated heterocycles. The van der Waals surface area contributed by atoms with Crippen LogP contribution in [0.4, 0.5) is 0 Å². The number of rotatable bonds is 4. The highest BCUT2D eigenvalue weighted by atomic mass is 35.5. The van der Waals surface area contributed by atoms with E-state index in [0.717, 1.165) is 11.3 Å². The van der Waals surface area contributed by atoms with Crippen LogP contribution in [0.1, 0.15) is 12.8 Å². The maximum Gasteiger partial charge on any atom is 0.308 e. The number of hydrogen-bond acceptors (Lipinski definition) is 3. The third-order valence-corrected chi connectivity index (χ3v) is 5.08. The first-order valence-electron chi connectivity index (χ1n) is 6.56. The molecule has 21 heavy (non-hydrogen) atoms. The number of likely N-dealkylation sites (tertiary alicyclic amines) is 1. The van der Waals surface area contributed by atoms with Gasteiger partial charge in [0.1, 0.15) is 0 Å². The number of benzene rings is 1. The summed E-state index contributed by atoms with van der Waals surface area (Å²) >= 11 is 13.3. The van der Waals surface area contributed by atoms with Crippen LogP contribution in [-0.4, -0.2) is 40.7 Å². The van der Waals surface area contributed by atoms with Crippen molar-refractivity contribution >= 4 is 46.8 Å². The van der Waals surface area contributed by atoms with Crippen molar-refractivity contribution in [2.24, 2.45) is 5.92 Å². The van der Waals surface area contributed by atoms with E-state index in [1.54, 1.807) is 23.1 Å². The van der Waals surface area contributed by atoms with Crippen LogP contribution in [0.15, 0.2) is 23.1 Å². The van der Waals surface area contributed by atoms with Crippen LogP contribution in [0, 0.1) is 5.92 Å². The lowest BCUT2D eigenvalue weighted by Gasteiger charge is -2.30. The first kappa shape index (κ1) is 16.5. The number of thioether (sulfide) groups is 1. The molecule has 1 amide bonds. The second kappa shape index (κ2) is 7.38. The number of carboxylic acid groups (broad SMARTS) is 1. The van der Waals surface area contributed by atoms with Crippen molar-refractivity contribution in [3.8, 4) is 0 Å². The standard InChI is InChI=1S/C14H15Cl2NO3S/c15-10-3-4-11(16)12(6-10)21-8-13(18)17-5-1-2-9(7-17)14(19)20/h3-4,6,9H,1-2,5,7-8H2,(H,19,20). The summed E-state index contributed by atoms with van der Waals surface area (Å²) in [7, 11) is 0. The van der Waals surface area contributed by atoms with Crippen molar-refractivity contribution in [1.29, 1.82) is 0 Å². The van der Waals surface area contributed by atoms with Gasteiger partial charge in [-0.05, 0) is 31.0 Å². The van der Waals surface area contributed by atoms with E-state index in [1.165, 1.54) is 11.8 Å². The molecule has 1 aromatic rings. The van der Waals surface area contributed by atoms with Gasteiger partial charge in [-0.25, -0.2) is 0 Å². The number of carbonyl (C=O) groups excluding carboxylic acids is 1. The Kier molecular flexibility index (Phi) is 5.79. The number of nitrogens with zero attached hydrogens (tertiary/aromatic N) is 1. The van der Waals surface area contributed by atoms with E-state index in [9.17, 15) is 9.59 Å². The summed E-state index contributed by atoms with van der Waals surface area (Å²) in [6, 6.07) is 5.11. The number of amides is 1. The topological polar surface area (TPSA) is 57.6 Å². The molecule has 1 aliphatic rings. The van der Waals surface area contributed by atoms with Gasteiger partial charge in [-0.3, -0.25) is 9.59 Å². The number of carbonyl (C=O) groups is 2. The van der Waals surface area contributed by atoms with Crippen molar-refractivity contribution in [2.45, 2.75) is 17.7 Å². The number of halogens is 2. The molecule has 1 fully saturated rings. The van der Waals surface area contributed by atoms with Gasteiger partial charge < -0.3 is 10.0 Å². The van der Waals surface area contributed by atoms with Gasteiger partial charge in [-0.15, -0.1) is 11.8 Å². The maximum absolute atomic E-state index is 12.2. The van der Waals surface area contributed by atoms with Crippen LogP contribution in [0.5, 0.6) is 0 Å². The highest BCUT2D eigenvalue weighted by molar-refractivity contribution is 8.00. The molecule has 2 rings (SSSR count). The molecule has 4 nitrogen and oxygen atoms in total. The molecule has 0 spiro atoms. The van der Waals surface area contributed by atoms with E-state index in [4.69, 9.17) is 28.3 Å². The van der Waals surface area contributed by atoms with Gasteiger partial charge in [0.2, 0.25) is 5.91 Å². The molecule has 1 aromatic carbocycles. The fourth-order valence-electron chi connectivity index (χ4n) is 2.22. The molecule has 7 heteroatoms. The SMILES string of the molecule is O=C(O)C1CCCN(C(=O)CSc2cc(Cl)ccc2Cl)C1. The summed E-state index contributed by atoms with van der Waals surface area (Å²) in [6.07, 6.45) is 1.36. The summed E-state index contributed by atoms with van der Waals surface area (Å²) in [5.74, 6) is -1.13. The van der Waals surface area contributed by atoms with Crippen molar-refractivity contribution in [1.82, 2.24) is 4.90 Å². The number of carboxylic acids is 1. The van der Waals surface area contributed by atoms with Crippen molar-refractivity contribution in [2.75, 3.05) is 18.8 Å². The van der Waals surface area contributed by atoms with Crippen LogP contribution in [-0.2, 0) is 9.59 Å². The Morgan fingerprint density at radius 2 is 2.14 bits per heavy atom. The molecule has 1 unspecified atom stereocenters. The zero-order valence-corrected chi connectivity index (χ0v) is 13.5. The first-order valence-corrected chi connectivity index (χ1v) is 8.30. The zero-order chi connectivity index (χ0) is 15.4. The van der Waals surface area contributed by atoms with Gasteiger partial charge in [0, 0.05) is 23.0 Å². The fraction of sp³-hybridized carbons (Fsp3) is 0.429. The van der Waals surface area contributed by atoms with Crippen LogP contribution >= 0.6 is 35.0 Å². The lowest BCUT2D eigenvalue weighted by molar-refractivity contribution is -0.145. The van der Waals surface area contributed by atoms with Crippen LogP contribution in [0.2, 0.25) is 10.0 Å². The Bertz CT molecular complexity index is 553. The Labute approximate surface area is 137 Å². The second-order valence-electron chi connectivity index (χ2n) is 4.88.